The summed E-state index contributed by atoms with van der Waals surface area (Å²) in [5, 5.41) is 32.5. The molecule has 0 bridgehead atoms. The van der Waals surface area contributed by atoms with Gasteiger partial charge >= 0.3 is 5.97 Å². The predicted molar refractivity (Wildman–Crippen MR) is 72.5 cm³/mol. The van der Waals surface area contributed by atoms with E-state index >= 15 is 0 Å². The number of carboxylic acid groups (broad SMARTS) is 1. The molecular formula is C14H16N2O4. The molecule has 1 saturated heterocycles. The number of carboxylic acids is 1. The zero-order chi connectivity index (χ0) is 14.3. The van der Waals surface area contributed by atoms with E-state index in [1.54, 1.807) is 12.1 Å². The number of carbonyl (C=O) groups is 1. The minimum Gasteiger partial charge on any atom is -0.507 e. The number of fused-ring (bicyclic) bond motifs is 1. The Bertz CT molecular complexity index is 652. The first-order valence-corrected chi connectivity index (χ1v) is 6.51. The molecule has 2 aromatic rings. The number of hydrogen-bond acceptors (Lipinski definition) is 4. The van der Waals surface area contributed by atoms with E-state index in [0.717, 1.165) is 16.6 Å². The minimum atomic E-state index is -0.988. The number of piperidine rings is 1. The van der Waals surface area contributed by atoms with Crippen molar-refractivity contribution in [1.82, 2.24) is 10.3 Å². The summed E-state index contributed by atoms with van der Waals surface area (Å²) >= 11 is 0. The van der Waals surface area contributed by atoms with Crippen LogP contribution in [0.5, 0.6) is 5.75 Å². The van der Waals surface area contributed by atoms with Crippen LogP contribution in [0.3, 0.4) is 0 Å². The van der Waals surface area contributed by atoms with Gasteiger partial charge in [0.05, 0.1) is 12.0 Å². The molecule has 0 spiro atoms. The maximum Gasteiger partial charge on any atom is 0.310 e. The average molecular weight is 276 g/mol. The highest BCUT2D eigenvalue weighted by atomic mass is 16.4. The maximum absolute atomic E-state index is 11.0. The fraction of sp³-hybridized carbons (Fsp3) is 0.357. The highest BCUT2D eigenvalue weighted by Gasteiger charge is 2.34. The van der Waals surface area contributed by atoms with Crippen molar-refractivity contribution in [2.45, 2.75) is 18.6 Å². The van der Waals surface area contributed by atoms with E-state index in [4.69, 9.17) is 5.11 Å². The van der Waals surface area contributed by atoms with Crippen molar-refractivity contribution in [3.05, 3.63) is 30.0 Å². The third kappa shape index (κ3) is 2.13. The fourth-order valence-electron chi connectivity index (χ4n) is 2.73. The highest BCUT2D eigenvalue weighted by molar-refractivity contribution is 5.86. The third-order valence-electron chi connectivity index (χ3n) is 3.88. The molecule has 0 amide bonds. The normalized spacial score (nSPS) is 26.8. The number of aromatic nitrogens is 1. The van der Waals surface area contributed by atoms with Crippen LogP contribution < -0.4 is 5.32 Å². The van der Waals surface area contributed by atoms with Gasteiger partial charge in [0.1, 0.15) is 5.75 Å². The SMILES string of the molecule is O=C(O)C1CNC(c2cc3c(O)cccc3[nH]2)CC1O. The van der Waals surface area contributed by atoms with Crippen LogP contribution in [0.4, 0.5) is 0 Å². The highest BCUT2D eigenvalue weighted by Crippen LogP contribution is 2.31. The largest absolute Gasteiger partial charge is 0.507 e. The summed E-state index contributed by atoms with van der Waals surface area (Å²) in [5.74, 6) is -1.56. The number of nitrogens with one attached hydrogen (secondary N) is 2. The summed E-state index contributed by atoms with van der Waals surface area (Å²) in [5.41, 5.74) is 1.65. The molecule has 20 heavy (non-hydrogen) atoms. The number of aromatic amines is 1. The number of benzene rings is 1. The van der Waals surface area contributed by atoms with Crippen LogP contribution >= 0.6 is 0 Å². The van der Waals surface area contributed by atoms with Gasteiger partial charge in [-0.25, -0.2) is 0 Å². The number of aliphatic carboxylic acids is 1. The van der Waals surface area contributed by atoms with E-state index in [0.29, 0.717) is 6.42 Å². The zero-order valence-corrected chi connectivity index (χ0v) is 10.7. The first-order valence-electron chi connectivity index (χ1n) is 6.51. The molecule has 106 valence electrons. The Labute approximate surface area is 115 Å². The molecule has 1 aliphatic heterocycles. The van der Waals surface area contributed by atoms with Crippen molar-refractivity contribution in [1.29, 1.82) is 0 Å². The number of H-pyrrole nitrogens is 1. The molecule has 1 aliphatic rings. The number of hydrogen-bond donors (Lipinski definition) is 5. The quantitative estimate of drug-likeness (QED) is 0.562. The lowest BCUT2D eigenvalue weighted by atomic mass is 9.90. The third-order valence-corrected chi connectivity index (χ3v) is 3.88. The number of aliphatic hydroxyl groups is 1. The van der Waals surface area contributed by atoms with Gasteiger partial charge in [0, 0.05) is 29.2 Å². The van der Waals surface area contributed by atoms with Gasteiger partial charge in [-0.15, -0.1) is 0 Å². The van der Waals surface area contributed by atoms with Gasteiger partial charge < -0.3 is 25.6 Å². The molecule has 3 rings (SSSR count). The Morgan fingerprint density at radius 3 is 2.80 bits per heavy atom. The van der Waals surface area contributed by atoms with Crippen molar-refractivity contribution >= 4 is 16.9 Å². The van der Waals surface area contributed by atoms with Gasteiger partial charge in [-0.1, -0.05) is 6.07 Å². The lowest BCUT2D eigenvalue weighted by molar-refractivity contribution is -0.147. The zero-order valence-electron chi connectivity index (χ0n) is 10.7. The molecule has 1 aromatic carbocycles. The molecule has 6 nitrogen and oxygen atoms in total. The summed E-state index contributed by atoms with van der Waals surface area (Å²) in [6, 6.07) is 6.91. The van der Waals surface area contributed by atoms with Gasteiger partial charge in [-0.2, -0.15) is 0 Å². The minimum absolute atomic E-state index is 0.146. The Balaban J connectivity index is 1.86. The monoisotopic (exact) mass is 276 g/mol. The molecule has 0 aliphatic carbocycles. The van der Waals surface area contributed by atoms with Gasteiger partial charge in [-0.3, -0.25) is 4.79 Å². The summed E-state index contributed by atoms with van der Waals surface area (Å²) in [4.78, 5) is 14.1. The van der Waals surface area contributed by atoms with Crippen LogP contribution in [0, 0.1) is 5.92 Å². The molecule has 3 unspecified atom stereocenters. The van der Waals surface area contributed by atoms with Crippen LogP contribution in [0.15, 0.2) is 24.3 Å². The van der Waals surface area contributed by atoms with Gasteiger partial charge in [0.15, 0.2) is 0 Å². The topological polar surface area (TPSA) is 106 Å². The van der Waals surface area contributed by atoms with E-state index < -0.39 is 18.0 Å². The second-order valence-corrected chi connectivity index (χ2v) is 5.17. The van der Waals surface area contributed by atoms with E-state index in [-0.39, 0.29) is 18.3 Å². The summed E-state index contributed by atoms with van der Waals surface area (Å²) in [6.45, 7) is 0.225. The number of phenolic OH excluding ortho intramolecular Hbond substituents is 1. The smallest absolute Gasteiger partial charge is 0.310 e. The molecule has 2 heterocycles. The van der Waals surface area contributed by atoms with Gasteiger partial charge in [0.2, 0.25) is 0 Å². The standard InChI is InChI=1S/C14H16N2O4/c17-12-3-1-2-9-7(12)4-11(16-9)10-5-13(18)8(6-15-10)14(19)20/h1-4,8,10,13,15-18H,5-6H2,(H,19,20). The van der Waals surface area contributed by atoms with Crippen molar-refractivity contribution in [2.24, 2.45) is 5.92 Å². The van der Waals surface area contributed by atoms with Crippen LogP contribution in [-0.2, 0) is 4.79 Å². The first-order chi connectivity index (χ1) is 9.56. The summed E-state index contributed by atoms with van der Waals surface area (Å²) in [6.07, 6.45) is -0.552. The second-order valence-electron chi connectivity index (χ2n) is 5.17. The van der Waals surface area contributed by atoms with Crippen molar-refractivity contribution in [3.8, 4) is 5.75 Å². The lowest BCUT2D eigenvalue weighted by Crippen LogP contribution is -2.45. The Morgan fingerprint density at radius 2 is 2.15 bits per heavy atom. The Kier molecular flexibility index (Phi) is 3.11. The predicted octanol–water partition coefficient (Wildman–Crippen LogP) is 0.970. The first kappa shape index (κ1) is 13.0. The molecular weight excluding hydrogens is 260 g/mol. The molecule has 3 atom stereocenters. The number of phenols is 1. The van der Waals surface area contributed by atoms with E-state index in [1.807, 2.05) is 12.1 Å². The van der Waals surface area contributed by atoms with Crippen LogP contribution in [0.2, 0.25) is 0 Å². The summed E-state index contributed by atoms with van der Waals surface area (Å²) in [7, 11) is 0. The fourth-order valence-corrected chi connectivity index (χ4v) is 2.73. The molecule has 1 aromatic heterocycles. The van der Waals surface area contributed by atoms with Crippen molar-refractivity contribution in [2.75, 3.05) is 6.54 Å². The Hall–Kier alpha value is -2.05. The number of aromatic hydroxyl groups is 1. The van der Waals surface area contributed by atoms with Crippen LogP contribution in [0.25, 0.3) is 10.9 Å². The molecule has 5 N–H and O–H groups in total. The number of aliphatic hydroxyl groups excluding tert-OH is 1. The van der Waals surface area contributed by atoms with Gasteiger partial charge in [-0.05, 0) is 24.6 Å². The van der Waals surface area contributed by atoms with Crippen LogP contribution in [-0.4, -0.2) is 38.9 Å². The van der Waals surface area contributed by atoms with Crippen molar-refractivity contribution in [3.63, 3.8) is 0 Å². The Morgan fingerprint density at radius 1 is 1.35 bits per heavy atom. The van der Waals surface area contributed by atoms with E-state index in [2.05, 4.69) is 10.3 Å². The average Bonchev–Trinajstić information content (AvgIpc) is 2.83. The van der Waals surface area contributed by atoms with E-state index in [9.17, 15) is 15.0 Å². The van der Waals surface area contributed by atoms with Crippen LogP contribution in [0.1, 0.15) is 18.2 Å². The maximum atomic E-state index is 11.0. The van der Waals surface area contributed by atoms with E-state index in [1.165, 1.54) is 0 Å². The van der Waals surface area contributed by atoms with Gasteiger partial charge in [0.25, 0.3) is 0 Å². The molecule has 0 radical (unpaired) electrons. The summed E-state index contributed by atoms with van der Waals surface area (Å²) < 4.78 is 0. The number of rotatable bonds is 2. The molecule has 6 heteroatoms. The molecule has 1 fully saturated rings. The van der Waals surface area contributed by atoms with Crippen molar-refractivity contribution < 1.29 is 20.1 Å². The lowest BCUT2D eigenvalue weighted by Gasteiger charge is -2.31. The molecule has 0 saturated carbocycles. The second kappa shape index (κ2) is 4.81.